The first-order chi connectivity index (χ1) is 11.8. The number of hydrogen-bond acceptors (Lipinski definition) is 6. The minimum Gasteiger partial charge on any atom is -0.206 e. The molecule has 5 nitrogen and oxygen atoms in total. The van der Waals surface area contributed by atoms with Crippen LogP contribution in [0.3, 0.4) is 0 Å². The molecule has 0 aliphatic carbocycles. The Morgan fingerprint density at radius 1 is 0.640 bits per heavy atom. The van der Waals surface area contributed by atoms with Crippen molar-refractivity contribution in [2.45, 2.75) is 22.6 Å². The van der Waals surface area contributed by atoms with Crippen LogP contribution in [0.2, 0.25) is 0 Å². The molecule has 25 heavy (non-hydrogen) atoms. The summed E-state index contributed by atoms with van der Waals surface area (Å²) in [5, 5.41) is 0. The Kier molecular flexibility index (Phi) is 6.98. The molecule has 0 spiro atoms. The molecule has 0 aliphatic heterocycles. The van der Waals surface area contributed by atoms with Crippen molar-refractivity contribution in [3.63, 3.8) is 0 Å². The van der Waals surface area contributed by atoms with E-state index in [-0.39, 0.29) is 9.79 Å². The number of thiol groups is 2. The van der Waals surface area contributed by atoms with Crippen LogP contribution in [0.1, 0.15) is 11.1 Å². The highest BCUT2D eigenvalue weighted by Crippen LogP contribution is 2.16. The Labute approximate surface area is 159 Å². The van der Waals surface area contributed by atoms with Gasteiger partial charge in [-0.25, -0.2) is 16.8 Å². The van der Waals surface area contributed by atoms with Crippen molar-refractivity contribution >= 4 is 45.3 Å². The second kappa shape index (κ2) is 8.59. The van der Waals surface area contributed by atoms with Gasteiger partial charge >= 0.3 is 0 Å². The molecular weight excluding hydrogens is 398 g/mol. The molecule has 0 aliphatic rings. The molecule has 0 fully saturated rings. The number of nitrogens with one attached hydrogen (secondary N) is 1. The summed E-state index contributed by atoms with van der Waals surface area (Å²) in [4.78, 5) is -0.212. The van der Waals surface area contributed by atoms with E-state index < -0.39 is 20.0 Å². The van der Waals surface area contributed by atoms with Gasteiger partial charge in [-0.3, -0.25) is 0 Å². The summed E-state index contributed by atoms with van der Waals surface area (Å²) in [5.74, 6) is 1.28. The van der Waals surface area contributed by atoms with Gasteiger partial charge in [-0.1, -0.05) is 24.3 Å². The van der Waals surface area contributed by atoms with E-state index >= 15 is 0 Å². The summed E-state index contributed by atoms with van der Waals surface area (Å²) in [7, 11) is -8.37. The molecule has 1 N–H and O–H groups in total. The zero-order valence-corrected chi connectivity index (χ0v) is 16.7. The van der Waals surface area contributed by atoms with Crippen molar-refractivity contribution in [2.24, 2.45) is 0 Å². The minimum absolute atomic E-state index is 0.106. The lowest BCUT2D eigenvalue weighted by atomic mass is 10.2. The molecule has 2 aromatic carbocycles. The zero-order chi connectivity index (χ0) is 18.5. The van der Waals surface area contributed by atoms with Crippen LogP contribution in [0.15, 0.2) is 58.3 Å². The molecule has 0 saturated heterocycles. The number of sulfonamides is 2. The van der Waals surface area contributed by atoms with E-state index in [1.807, 2.05) is 0 Å². The number of hydrogen-bond donors (Lipinski definition) is 3. The van der Waals surface area contributed by atoms with Crippen LogP contribution in [-0.4, -0.2) is 28.3 Å². The summed E-state index contributed by atoms with van der Waals surface area (Å²) in [6.45, 7) is 0. The average Bonchev–Trinajstić information content (AvgIpc) is 2.55. The molecule has 0 bridgehead atoms. The van der Waals surface area contributed by atoms with Gasteiger partial charge in [-0.05, 0) is 59.7 Å². The summed E-state index contributed by atoms with van der Waals surface area (Å²) in [6.07, 6.45) is 1.40. The smallest absolute Gasteiger partial charge is 0.206 e. The minimum atomic E-state index is -4.19. The normalized spacial score (nSPS) is 12.2. The van der Waals surface area contributed by atoms with Crippen LogP contribution < -0.4 is 4.13 Å². The third-order valence-electron chi connectivity index (χ3n) is 3.49. The van der Waals surface area contributed by atoms with Crippen LogP contribution in [0, 0.1) is 0 Å². The lowest BCUT2D eigenvalue weighted by Gasteiger charge is -2.09. The third-order valence-corrected chi connectivity index (χ3v) is 7.48. The van der Waals surface area contributed by atoms with Gasteiger partial charge in [0, 0.05) is 0 Å². The van der Waals surface area contributed by atoms with E-state index in [0.29, 0.717) is 24.3 Å². The number of aryl methyl sites for hydroxylation is 2. The first-order valence-electron chi connectivity index (χ1n) is 7.47. The fraction of sp³-hybridized carbons (Fsp3) is 0.250. The molecule has 2 rings (SSSR count). The predicted molar refractivity (Wildman–Crippen MR) is 106 cm³/mol. The molecule has 0 atom stereocenters. The van der Waals surface area contributed by atoms with Gasteiger partial charge in [-0.15, -0.1) is 4.13 Å². The Morgan fingerprint density at radius 2 is 0.960 bits per heavy atom. The van der Waals surface area contributed by atoms with Gasteiger partial charge in [0.2, 0.25) is 0 Å². The standard InChI is InChI=1S/C16H19NO4S4/c18-24(19,15-5-1-13(2-6-15)9-11-22)17-25(20,21)16-7-3-14(4-8-16)10-12-23/h1-8,17,22-23H,9-12H2. The molecule has 2 aromatic rings. The van der Waals surface area contributed by atoms with E-state index in [0.717, 1.165) is 11.1 Å². The number of rotatable bonds is 8. The highest BCUT2D eigenvalue weighted by molar-refractivity contribution is 8.04. The molecule has 0 amide bonds. The highest BCUT2D eigenvalue weighted by atomic mass is 32.3. The summed E-state index contributed by atoms with van der Waals surface area (Å²) >= 11 is 8.24. The highest BCUT2D eigenvalue weighted by Gasteiger charge is 2.24. The van der Waals surface area contributed by atoms with Gasteiger partial charge in [0.05, 0.1) is 9.79 Å². The molecule has 136 valence electrons. The van der Waals surface area contributed by atoms with Gasteiger partial charge in [0.25, 0.3) is 20.0 Å². The van der Waals surface area contributed by atoms with Crippen molar-refractivity contribution < 1.29 is 16.8 Å². The maximum atomic E-state index is 12.3. The first kappa shape index (κ1) is 20.3. The summed E-state index contributed by atoms with van der Waals surface area (Å²) in [6, 6.07) is 12.1. The van der Waals surface area contributed by atoms with Crippen molar-refractivity contribution in [2.75, 3.05) is 11.5 Å². The van der Waals surface area contributed by atoms with Gasteiger partial charge in [0.1, 0.15) is 0 Å². The van der Waals surface area contributed by atoms with E-state index in [1.165, 1.54) is 24.3 Å². The molecule has 0 unspecified atom stereocenters. The lowest BCUT2D eigenvalue weighted by molar-refractivity contribution is 0.577. The van der Waals surface area contributed by atoms with Gasteiger partial charge in [-0.2, -0.15) is 25.3 Å². The van der Waals surface area contributed by atoms with Crippen molar-refractivity contribution in [1.29, 1.82) is 0 Å². The third kappa shape index (κ3) is 5.49. The lowest BCUT2D eigenvalue weighted by Crippen LogP contribution is -2.30. The van der Waals surface area contributed by atoms with Crippen LogP contribution in [0.5, 0.6) is 0 Å². The topological polar surface area (TPSA) is 80.3 Å². The Hall–Kier alpha value is -1.00. The second-order valence-corrected chi connectivity index (χ2v) is 9.84. The monoisotopic (exact) mass is 417 g/mol. The van der Waals surface area contributed by atoms with Crippen molar-refractivity contribution in [3.05, 3.63) is 59.7 Å². The molecule has 0 aromatic heterocycles. The van der Waals surface area contributed by atoms with Gasteiger partial charge < -0.3 is 0 Å². The fourth-order valence-corrected chi connectivity index (χ4v) is 5.60. The van der Waals surface area contributed by atoms with Crippen molar-refractivity contribution in [3.8, 4) is 0 Å². The first-order valence-corrected chi connectivity index (χ1v) is 11.7. The molecule has 0 radical (unpaired) electrons. The van der Waals surface area contributed by atoms with E-state index in [9.17, 15) is 16.8 Å². The SMILES string of the molecule is O=S(=O)(NS(=O)(=O)c1ccc(CCS)cc1)c1ccc(CCS)cc1. The molecular formula is C16H19NO4S4. The molecule has 9 heteroatoms. The molecule has 0 heterocycles. The summed E-state index contributed by atoms with van der Waals surface area (Å²) < 4.78 is 51.2. The Bertz CT molecular complexity index is 828. The zero-order valence-electron chi connectivity index (χ0n) is 13.3. The number of benzene rings is 2. The quantitative estimate of drug-likeness (QED) is 0.576. The predicted octanol–water partition coefficient (Wildman–Crippen LogP) is 2.30. The van der Waals surface area contributed by atoms with Crippen LogP contribution in [-0.2, 0) is 32.9 Å². The molecule has 0 saturated carbocycles. The van der Waals surface area contributed by atoms with Gasteiger partial charge in [0.15, 0.2) is 0 Å². The average molecular weight is 418 g/mol. The Balaban J connectivity index is 2.22. The van der Waals surface area contributed by atoms with E-state index in [4.69, 9.17) is 0 Å². The largest absolute Gasteiger partial charge is 0.253 e. The second-order valence-electron chi connectivity index (χ2n) is 5.33. The van der Waals surface area contributed by atoms with E-state index in [2.05, 4.69) is 25.3 Å². The maximum absolute atomic E-state index is 12.3. The Morgan fingerprint density at radius 3 is 1.24 bits per heavy atom. The summed E-state index contributed by atoms with van der Waals surface area (Å²) in [5.41, 5.74) is 1.85. The van der Waals surface area contributed by atoms with Crippen LogP contribution >= 0.6 is 25.3 Å². The fourth-order valence-electron chi connectivity index (χ4n) is 2.17. The van der Waals surface area contributed by atoms with Crippen LogP contribution in [0.25, 0.3) is 0 Å². The van der Waals surface area contributed by atoms with Crippen molar-refractivity contribution in [1.82, 2.24) is 4.13 Å². The maximum Gasteiger partial charge on any atom is 0.253 e. The van der Waals surface area contributed by atoms with E-state index in [1.54, 1.807) is 28.4 Å². The van der Waals surface area contributed by atoms with Crippen LogP contribution in [0.4, 0.5) is 0 Å².